The van der Waals surface area contributed by atoms with E-state index in [2.05, 4.69) is 5.32 Å². The van der Waals surface area contributed by atoms with Gasteiger partial charge in [-0.1, -0.05) is 0 Å². The fraction of sp³-hybridized carbons (Fsp3) is 1.00. The number of rotatable bonds is 0. The second kappa shape index (κ2) is 3.20. The second-order valence-corrected chi connectivity index (χ2v) is 3.07. The fourth-order valence-electron chi connectivity index (χ4n) is 1.31. The van der Waals surface area contributed by atoms with Gasteiger partial charge >= 0.3 is 6.18 Å². The zero-order valence-electron chi connectivity index (χ0n) is 6.55. The molecule has 0 aliphatic carbocycles. The third-order valence-corrected chi connectivity index (χ3v) is 2.13. The molecule has 0 aromatic carbocycles. The number of hydrogen-bond acceptors (Lipinski definition) is 1. The summed E-state index contributed by atoms with van der Waals surface area (Å²) in [5.41, 5.74) is -2.96. The van der Waals surface area contributed by atoms with Crippen molar-refractivity contribution in [2.75, 3.05) is 13.1 Å². The van der Waals surface area contributed by atoms with Gasteiger partial charge in [-0.05, 0) is 25.9 Å². The molecule has 1 aliphatic rings. The van der Waals surface area contributed by atoms with E-state index in [1.165, 1.54) is 0 Å². The Labute approximate surface area is 68.1 Å². The van der Waals surface area contributed by atoms with E-state index < -0.39 is 24.7 Å². The molecule has 0 aromatic heterocycles. The maximum Gasteiger partial charge on any atom is 0.422 e. The first-order valence-electron chi connectivity index (χ1n) is 3.92. The van der Waals surface area contributed by atoms with Gasteiger partial charge in [0, 0.05) is 6.42 Å². The summed E-state index contributed by atoms with van der Waals surface area (Å²) in [6.07, 6.45) is -5.34. The SMILES string of the molecule is FC(F)(F)C1(F)CCCNCC1. The summed E-state index contributed by atoms with van der Waals surface area (Å²) in [6, 6.07) is 0. The van der Waals surface area contributed by atoms with Crippen LogP contribution in [0.5, 0.6) is 0 Å². The molecule has 0 aromatic rings. The predicted octanol–water partition coefficient (Wildman–Crippen LogP) is 2.03. The monoisotopic (exact) mass is 185 g/mol. The number of nitrogens with one attached hydrogen (secondary N) is 1. The van der Waals surface area contributed by atoms with E-state index in [-0.39, 0.29) is 13.0 Å². The van der Waals surface area contributed by atoms with Gasteiger partial charge in [-0.25, -0.2) is 4.39 Å². The lowest BCUT2D eigenvalue weighted by molar-refractivity contribution is -0.233. The summed E-state index contributed by atoms with van der Waals surface area (Å²) in [5.74, 6) is 0. The van der Waals surface area contributed by atoms with Crippen LogP contribution in [0, 0.1) is 0 Å². The van der Waals surface area contributed by atoms with Gasteiger partial charge < -0.3 is 5.32 Å². The first-order valence-corrected chi connectivity index (χ1v) is 3.92. The van der Waals surface area contributed by atoms with E-state index in [4.69, 9.17) is 0 Å². The van der Waals surface area contributed by atoms with Crippen molar-refractivity contribution in [3.8, 4) is 0 Å². The van der Waals surface area contributed by atoms with Crippen LogP contribution in [0.3, 0.4) is 0 Å². The molecule has 1 rings (SSSR count). The van der Waals surface area contributed by atoms with Crippen molar-refractivity contribution in [1.82, 2.24) is 5.32 Å². The van der Waals surface area contributed by atoms with E-state index >= 15 is 0 Å². The Balaban J connectivity index is 2.67. The summed E-state index contributed by atoms with van der Waals surface area (Å²) in [4.78, 5) is 0. The van der Waals surface area contributed by atoms with Crippen LogP contribution in [0.25, 0.3) is 0 Å². The highest BCUT2D eigenvalue weighted by molar-refractivity contribution is 4.89. The van der Waals surface area contributed by atoms with Crippen LogP contribution >= 0.6 is 0 Å². The van der Waals surface area contributed by atoms with Crippen molar-refractivity contribution >= 4 is 0 Å². The average molecular weight is 185 g/mol. The van der Waals surface area contributed by atoms with Crippen LogP contribution in [-0.4, -0.2) is 24.9 Å². The molecule has 1 unspecified atom stereocenters. The smallest absolute Gasteiger partial charge is 0.317 e. The highest BCUT2D eigenvalue weighted by atomic mass is 19.4. The molecule has 0 amide bonds. The third-order valence-electron chi connectivity index (χ3n) is 2.13. The maximum absolute atomic E-state index is 13.2. The Morgan fingerprint density at radius 3 is 2.33 bits per heavy atom. The molecule has 1 N–H and O–H groups in total. The molecule has 1 atom stereocenters. The van der Waals surface area contributed by atoms with Gasteiger partial charge in [-0.3, -0.25) is 0 Å². The van der Waals surface area contributed by atoms with E-state index in [0.717, 1.165) is 0 Å². The molecule has 0 spiro atoms. The van der Waals surface area contributed by atoms with Gasteiger partial charge in [0.05, 0.1) is 0 Å². The van der Waals surface area contributed by atoms with Gasteiger partial charge in [-0.15, -0.1) is 0 Å². The minimum atomic E-state index is -4.71. The van der Waals surface area contributed by atoms with E-state index in [0.29, 0.717) is 6.54 Å². The summed E-state index contributed by atoms with van der Waals surface area (Å²) in [5, 5.41) is 2.73. The van der Waals surface area contributed by atoms with Crippen molar-refractivity contribution in [2.45, 2.75) is 31.1 Å². The standard InChI is InChI=1S/C7H11F4N/c8-6(7(9,10)11)2-1-4-12-5-3-6/h12H,1-5H2. The Bertz CT molecular complexity index is 146. The number of hydrogen-bond donors (Lipinski definition) is 1. The van der Waals surface area contributed by atoms with Crippen LogP contribution in [0.2, 0.25) is 0 Å². The highest BCUT2D eigenvalue weighted by Crippen LogP contribution is 2.40. The van der Waals surface area contributed by atoms with Gasteiger partial charge in [0.1, 0.15) is 0 Å². The highest BCUT2D eigenvalue weighted by Gasteiger charge is 2.55. The lowest BCUT2D eigenvalue weighted by Crippen LogP contribution is -2.41. The summed E-state index contributed by atoms with van der Waals surface area (Å²) >= 11 is 0. The zero-order valence-corrected chi connectivity index (χ0v) is 6.55. The topological polar surface area (TPSA) is 12.0 Å². The minimum absolute atomic E-state index is 0.107. The van der Waals surface area contributed by atoms with Crippen LogP contribution in [0.4, 0.5) is 17.6 Å². The van der Waals surface area contributed by atoms with Crippen molar-refractivity contribution in [2.24, 2.45) is 0 Å². The quantitative estimate of drug-likeness (QED) is 0.569. The largest absolute Gasteiger partial charge is 0.422 e. The molecule has 0 bridgehead atoms. The lowest BCUT2D eigenvalue weighted by Gasteiger charge is -2.25. The summed E-state index contributed by atoms with van der Waals surface area (Å²) < 4.78 is 49.5. The predicted molar refractivity (Wildman–Crippen MR) is 36.6 cm³/mol. The van der Waals surface area contributed by atoms with Crippen molar-refractivity contribution in [1.29, 1.82) is 0 Å². The Morgan fingerprint density at radius 2 is 1.75 bits per heavy atom. The molecular weight excluding hydrogens is 174 g/mol. The maximum atomic E-state index is 13.2. The normalized spacial score (nSPS) is 33.0. The van der Waals surface area contributed by atoms with Crippen molar-refractivity contribution in [3.63, 3.8) is 0 Å². The molecule has 1 saturated heterocycles. The molecule has 0 saturated carbocycles. The third kappa shape index (κ3) is 1.88. The number of halogens is 4. The first-order chi connectivity index (χ1) is 5.46. The van der Waals surface area contributed by atoms with Crippen LogP contribution in [-0.2, 0) is 0 Å². The fourth-order valence-corrected chi connectivity index (χ4v) is 1.31. The number of alkyl halides is 4. The van der Waals surface area contributed by atoms with Crippen LogP contribution < -0.4 is 5.32 Å². The average Bonchev–Trinajstić information content (AvgIpc) is 2.12. The molecule has 5 heteroatoms. The molecule has 12 heavy (non-hydrogen) atoms. The molecular formula is C7H11F4N. The van der Waals surface area contributed by atoms with Crippen molar-refractivity contribution < 1.29 is 17.6 Å². The van der Waals surface area contributed by atoms with Gasteiger partial charge in [0.15, 0.2) is 0 Å². The van der Waals surface area contributed by atoms with E-state index in [1.54, 1.807) is 0 Å². The van der Waals surface area contributed by atoms with Gasteiger partial charge in [0.25, 0.3) is 0 Å². The molecule has 0 radical (unpaired) electrons. The molecule has 1 nitrogen and oxygen atoms in total. The van der Waals surface area contributed by atoms with Gasteiger partial charge in [-0.2, -0.15) is 13.2 Å². The summed E-state index contributed by atoms with van der Waals surface area (Å²) in [7, 11) is 0. The van der Waals surface area contributed by atoms with E-state index in [1.807, 2.05) is 0 Å². The second-order valence-electron chi connectivity index (χ2n) is 3.07. The van der Waals surface area contributed by atoms with Gasteiger partial charge in [0.2, 0.25) is 5.67 Å². The Hall–Kier alpha value is -0.320. The molecule has 1 heterocycles. The first kappa shape index (κ1) is 9.77. The Morgan fingerprint density at radius 1 is 1.08 bits per heavy atom. The lowest BCUT2D eigenvalue weighted by atomic mass is 9.96. The molecule has 72 valence electrons. The molecule has 1 fully saturated rings. The Kier molecular flexibility index (Phi) is 2.61. The van der Waals surface area contributed by atoms with E-state index in [9.17, 15) is 17.6 Å². The zero-order chi connectivity index (χ0) is 9.24. The van der Waals surface area contributed by atoms with Crippen LogP contribution in [0.15, 0.2) is 0 Å². The molecule has 1 aliphatic heterocycles. The summed E-state index contributed by atoms with van der Waals surface area (Å²) in [6.45, 7) is 0.581. The van der Waals surface area contributed by atoms with Crippen molar-refractivity contribution in [3.05, 3.63) is 0 Å². The minimum Gasteiger partial charge on any atom is -0.317 e. The van der Waals surface area contributed by atoms with Crippen LogP contribution in [0.1, 0.15) is 19.3 Å².